The van der Waals surface area contributed by atoms with Crippen LogP contribution in [0.1, 0.15) is 91.4 Å². The van der Waals surface area contributed by atoms with E-state index in [9.17, 15) is 4.79 Å². The molecular weight excluding hydrogens is 300 g/mol. The number of carbonyl (C=O) groups is 1. The van der Waals surface area contributed by atoms with Gasteiger partial charge in [0.15, 0.2) is 0 Å². The van der Waals surface area contributed by atoms with Gasteiger partial charge < -0.3 is 4.43 Å². The van der Waals surface area contributed by atoms with Gasteiger partial charge in [0.05, 0.1) is 0 Å². The molecule has 0 bridgehead atoms. The summed E-state index contributed by atoms with van der Waals surface area (Å²) in [6, 6.07) is 2.35. The molecule has 0 aliphatic heterocycles. The number of carbonyl (C=O) groups excluding carboxylic acids is 1. The fourth-order valence-corrected chi connectivity index (χ4v) is 9.11. The number of hydrogen-bond donors (Lipinski definition) is 0. The zero-order valence-electron chi connectivity index (χ0n) is 15.8. The average Bonchev–Trinajstić information content (AvgIpc) is 2.55. The van der Waals surface area contributed by atoms with Crippen molar-refractivity contribution in [2.75, 3.05) is 0 Å². The molecule has 0 aromatic rings. The molecule has 3 heteroatoms. The molecule has 0 radical (unpaired) electrons. The Morgan fingerprint density at radius 2 is 1.52 bits per heavy atom. The highest BCUT2D eigenvalue weighted by Gasteiger charge is 2.45. The first-order valence-electron chi connectivity index (χ1n) is 9.94. The lowest BCUT2D eigenvalue weighted by atomic mass is 10.0. The van der Waals surface area contributed by atoms with Crippen LogP contribution in [0.5, 0.6) is 0 Å². The zero-order valence-corrected chi connectivity index (χ0v) is 16.8. The highest BCUT2D eigenvalue weighted by Crippen LogP contribution is 2.44. The standard InChI is InChI=1S/C20H38O2Si/c1-5-7-12-16-23(17-13-8-6-2,22-20(21)18(3)4)19-14-10-9-11-15-19/h19H,3,5-17H2,1-2,4H3. The molecule has 1 aliphatic rings. The van der Waals surface area contributed by atoms with Crippen LogP contribution in [-0.4, -0.2) is 14.3 Å². The Hall–Kier alpha value is -0.573. The molecule has 0 spiro atoms. The summed E-state index contributed by atoms with van der Waals surface area (Å²) < 4.78 is 6.33. The van der Waals surface area contributed by atoms with Gasteiger partial charge in [-0.15, -0.1) is 0 Å². The van der Waals surface area contributed by atoms with Gasteiger partial charge in [0.25, 0.3) is 8.32 Å². The van der Waals surface area contributed by atoms with Gasteiger partial charge in [-0.05, 0) is 37.4 Å². The quantitative estimate of drug-likeness (QED) is 0.236. The second-order valence-electron chi connectivity index (χ2n) is 7.48. The molecule has 0 unspecified atom stereocenters. The number of hydrogen-bond acceptors (Lipinski definition) is 2. The molecule has 1 saturated carbocycles. The van der Waals surface area contributed by atoms with Crippen LogP contribution in [0.3, 0.4) is 0 Å². The van der Waals surface area contributed by atoms with Gasteiger partial charge in [0.2, 0.25) is 0 Å². The normalized spacial score (nSPS) is 16.3. The molecule has 0 saturated heterocycles. The predicted octanol–water partition coefficient (Wildman–Crippen LogP) is 6.77. The molecule has 0 aromatic carbocycles. The van der Waals surface area contributed by atoms with E-state index in [1.807, 2.05) is 0 Å². The summed E-state index contributed by atoms with van der Waals surface area (Å²) in [4.78, 5) is 12.4. The molecule has 0 amide bonds. The van der Waals surface area contributed by atoms with Crippen LogP contribution >= 0.6 is 0 Å². The largest absolute Gasteiger partial charge is 0.516 e. The van der Waals surface area contributed by atoms with Gasteiger partial charge in [0, 0.05) is 5.57 Å². The van der Waals surface area contributed by atoms with Gasteiger partial charge in [0.1, 0.15) is 0 Å². The summed E-state index contributed by atoms with van der Waals surface area (Å²) in [7, 11) is -2.01. The highest BCUT2D eigenvalue weighted by atomic mass is 28.4. The highest BCUT2D eigenvalue weighted by molar-refractivity contribution is 6.76. The second-order valence-corrected chi connectivity index (χ2v) is 11.6. The molecule has 0 atom stereocenters. The maximum absolute atomic E-state index is 12.4. The third-order valence-electron chi connectivity index (χ3n) is 5.40. The molecule has 134 valence electrons. The second kappa shape index (κ2) is 11.1. The van der Waals surface area contributed by atoms with Crippen molar-refractivity contribution in [1.82, 2.24) is 0 Å². The van der Waals surface area contributed by atoms with Crippen molar-refractivity contribution in [1.29, 1.82) is 0 Å². The Kier molecular flexibility index (Phi) is 9.85. The van der Waals surface area contributed by atoms with Gasteiger partial charge in [-0.1, -0.05) is 78.2 Å². The average molecular weight is 339 g/mol. The molecule has 23 heavy (non-hydrogen) atoms. The fourth-order valence-electron chi connectivity index (χ4n) is 3.97. The summed E-state index contributed by atoms with van der Waals surface area (Å²) in [6.45, 7) is 10.1. The van der Waals surface area contributed by atoms with Crippen molar-refractivity contribution in [2.24, 2.45) is 0 Å². The zero-order chi connectivity index (χ0) is 17.1. The van der Waals surface area contributed by atoms with Crippen molar-refractivity contribution >= 4 is 14.3 Å². The summed E-state index contributed by atoms with van der Waals surface area (Å²) in [5.74, 6) is -0.116. The van der Waals surface area contributed by atoms with E-state index in [0.29, 0.717) is 11.1 Å². The monoisotopic (exact) mass is 338 g/mol. The van der Waals surface area contributed by atoms with Gasteiger partial charge >= 0.3 is 5.97 Å². The van der Waals surface area contributed by atoms with Crippen LogP contribution < -0.4 is 0 Å². The van der Waals surface area contributed by atoms with E-state index in [2.05, 4.69) is 20.4 Å². The molecule has 0 heterocycles. The van der Waals surface area contributed by atoms with E-state index in [1.165, 1.54) is 82.7 Å². The van der Waals surface area contributed by atoms with Crippen molar-refractivity contribution in [3.63, 3.8) is 0 Å². The number of rotatable bonds is 11. The molecular formula is C20H38O2Si. The molecule has 0 N–H and O–H groups in total. The lowest BCUT2D eigenvalue weighted by Crippen LogP contribution is -2.46. The van der Waals surface area contributed by atoms with Gasteiger partial charge in [-0.3, -0.25) is 0 Å². The Morgan fingerprint density at radius 3 is 1.96 bits per heavy atom. The minimum Gasteiger partial charge on any atom is -0.516 e. The van der Waals surface area contributed by atoms with E-state index >= 15 is 0 Å². The van der Waals surface area contributed by atoms with Crippen molar-refractivity contribution < 1.29 is 9.22 Å². The predicted molar refractivity (Wildman–Crippen MR) is 102 cm³/mol. The topological polar surface area (TPSA) is 26.3 Å². The maximum Gasteiger partial charge on any atom is 0.319 e. The van der Waals surface area contributed by atoms with Crippen LogP contribution in [0.4, 0.5) is 0 Å². The first kappa shape index (κ1) is 20.5. The minimum atomic E-state index is -2.01. The summed E-state index contributed by atoms with van der Waals surface area (Å²) in [5, 5.41) is 0. The van der Waals surface area contributed by atoms with Crippen molar-refractivity contribution in [2.45, 2.75) is 109 Å². The Labute approximate surface area is 145 Å². The van der Waals surface area contributed by atoms with Crippen LogP contribution in [0.25, 0.3) is 0 Å². The summed E-state index contributed by atoms with van der Waals surface area (Å²) in [6.07, 6.45) is 14.0. The smallest absolute Gasteiger partial charge is 0.319 e. The van der Waals surface area contributed by atoms with Crippen LogP contribution in [-0.2, 0) is 9.22 Å². The Bertz CT molecular complexity index is 349. The molecule has 1 rings (SSSR count). The van der Waals surface area contributed by atoms with Gasteiger partial charge in [-0.25, -0.2) is 4.79 Å². The van der Waals surface area contributed by atoms with Crippen molar-refractivity contribution in [3.8, 4) is 0 Å². The third kappa shape index (κ3) is 6.82. The lowest BCUT2D eigenvalue weighted by molar-refractivity contribution is -0.131. The lowest BCUT2D eigenvalue weighted by Gasteiger charge is -2.40. The third-order valence-corrected chi connectivity index (χ3v) is 10.5. The SMILES string of the molecule is C=C(C)C(=O)O[Si](CCCCC)(CCCCC)C1CCCCC1. The van der Waals surface area contributed by atoms with E-state index in [1.54, 1.807) is 6.92 Å². The molecule has 0 aromatic heterocycles. The molecule has 2 nitrogen and oxygen atoms in total. The van der Waals surface area contributed by atoms with Crippen LogP contribution in [0.2, 0.25) is 17.6 Å². The minimum absolute atomic E-state index is 0.116. The van der Waals surface area contributed by atoms with E-state index in [0.717, 1.165) is 0 Å². The van der Waals surface area contributed by atoms with Crippen LogP contribution in [0.15, 0.2) is 12.2 Å². The van der Waals surface area contributed by atoms with Crippen LogP contribution in [0, 0.1) is 0 Å². The van der Waals surface area contributed by atoms with Crippen molar-refractivity contribution in [3.05, 3.63) is 12.2 Å². The Balaban J connectivity index is 2.91. The number of unbranched alkanes of at least 4 members (excludes halogenated alkanes) is 4. The van der Waals surface area contributed by atoms with E-state index in [-0.39, 0.29) is 5.97 Å². The van der Waals surface area contributed by atoms with E-state index < -0.39 is 8.32 Å². The maximum atomic E-state index is 12.4. The Morgan fingerprint density at radius 1 is 1.00 bits per heavy atom. The summed E-state index contributed by atoms with van der Waals surface area (Å²) in [5.41, 5.74) is 1.26. The molecule has 1 fully saturated rings. The fraction of sp³-hybridized carbons (Fsp3) is 0.850. The molecule has 1 aliphatic carbocycles. The van der Waals surface area contributed by atoms with E-state index in [4.69, 9.17) is 4.43 Å². The summed E-state index contributed by atoms with van der Waals surface area (Å²) >= 11 is 0. The first-order valence-corrected chi connectivity index (χ1v) is 12.3. The first-order chi connectivity index (χ1) is 11.1. The van der Waals surface area contributed by atoms with Gasteiger partial charge in [-0.2, -0.15) is 0 Å².